The summed E-state index contributed by atoms with van der Waals surface area (Å²) >= 11 is 0. The van der Waals surface area contributed by atoms with Crippen LogP contribution in [0.4, 0.5) is 0 Å². The second kappa shape index (κ2) is 10.2. The Bertz CT molecular complexity index is 676. The Kier molecular flexibility index (Phi) is 7.95. The third-order valence-electron chi connectivity index (χ3n) is 4.73. The topological polar surface area (TPSA) is 64.4 Å². The van der Waals surface area contributed by atoms with Gasteiger partial charge in [0.2, 0.25) is 5.91 Å². The molecule has 0 heterocycles. The largest absolute Gasteiger partial charge is 0.489 e. The highest BCUT2D eigenvalue weighted by Crippen LogP contribution is 2.24. The molecule has 0 spiro atoms. The summed E-state index contributed by atoms with van der Waals surface area (Å²) in [6.07, 6.45) is 3.52. The van der Waals surface area contributed by atoms with Gasteiger partial charge in [0.25, 0.3) is 0 Å². The van der Waals surface area contributed by atoms with Crippen molar-refractivity contribution in [3.05, 3.63) is 65.7 Å². The van der Waals surface area contributed by atoms with Crippen molar-refractivity contribution in [2.24, 2.45) is 11.7 Å². The zero-order valence-corrected chi connectivity index (χ0v) is 15.7. The standard InChI is InChI=1S/C21H26N2O2.ClH/c22-19-9-8-18(14-19)21(24)23-13-12-16-6-10-20(11-7-16)25-15-17-4-2-1-3-5-17;/h1-7,10-11,18-19H,8-9,12-15,22H2,(H,23,24);1H. The molecule has 2 aromatic carbocycles. The second-order valence-electron chi connectivity index (χ2n) is 6.73. The van der Waals surface area contributed by atoms with E-state index in [1.54, 1.807) is 0 Å². The van der Waals surface area contributed by atoms with Gasteiger partial charge in [-0.05, 0) is 48.9 Å². The van der Waals surface area contributed by atoms with Gasteiger partial charge in [0.15, 0.2) is 0 Å². The zero-order valence-electron chi connectivity index (χ0n) is 14.9. The number of rotatable bonds is 7. The molecule has 1 fully saturated rings. The Balaban J connectivity index is 0.00000243. The van der Waals surface area contributed by atoms with E-state index in [1.165, 1.54) is 5.56 Å². The number of carbonyl (C=O) groups excluding carboxylic acids is 1. The van der Waals surface area contributed by atoms with Crippen LogP contribution < -0.4 is 15.8 Å². The quantitative estimate of drug-likeness (QED) is 0.779. The van der Waals surface area contributed by atoms with Gasteiger partial charge in [0, 0.05) is 18.5 Å². The fourth-order valence-corrected chi connectivity index (χ4v) is 3.22. The van der Waals surface area contributed by atoms with E-state index in [1.807, 2.05) is 42.5 Å². The van der Waals surface area contributed by atoms with E-state index in [0.717, 1.165) is 37.0 Å². The maximum atomic E-state index is 12.1. The van der Waals surface area contributed by atoms with Gasteiger partial charge in [-0.25, -0.2) is 0 Å². The number of nitrogens with two attached hydrogens (primary N) is 1. The number of nitrogens with one attached hydrogen (secondary N) is 1. The number of hydrogen-bond donors (Lipinski definition) is 2. The van der Waals surface area contributed by atoms with E-state index in [9.17, 15) is 4.79 Å². The smallest absolute Gasteiger partial charge is 0.223 e. The van der Waals surface area contributed by atoms with Gasteiger partial charge in [0.05, 0.1) is 0 Å². The number of halogens is 1. The lowest BCUT2D eigenvalue weighted by Crippen LogP contribution is -2.31. The average molecular weight is 375 g/mol. The van der Waals surface area contributed by atoms with Crippen molar-refractivity contribution < 1.29 is 9.53 Å². The monoisotopic (exact) mass is 374 g/mol. The lowest BCUT2D eigenvalue weighted by Gasteiger charge is -2.11. The van der Waals surface area contributed by atoms with Crippen molar-refractivity contribution in [3.63, 3.8) is 0 Å². The number of carbonyl (C=O) groups is 1. The van der Waals surface area contributed by atoms with Crippen molar-refractivity contribution in [1.29, 1.82) is 0 Å². The fourth-order valence-electron chi connectivity index (χ4n) is 3.22. The third-order valence-corrected chi connectivity index (χ3v) is 4.73. The van der Waals surface area contributed by atoms with Gasteiger partial charge in [-0.2, -0.15) is 0 Å². The predicted octanol–water partition coefficient (Wildman–Crippen LogP) is 3.47. The first-order valence-corrected chi connectivity index (χ1v) is 8.99. The molecule has 0 aliphatic heterocycles. The molecule has 2 atom stereocenters. The van der Waals surface area contributed by atoms with E-state index in [-0.39, 0.29) is 30.3 Å². The molecular formula is C21H27ClN2O2. The molecule has 26 heavy (non-hydrogen) atoms. The Labute approximate surface area is 161 Å². The predicted molar refractivity (Wildman–Crippen MR) is 106 cm³/mol. The van der Waals surface area contributed by atoms with Crippen LogP contribution in [0.3, 0.4) is 0 Å². The fraction of sp³-hybridized carbons (Fsp3) is 0.381. The molecule has 0 radical (unpaired) electrons. The van der Waals surface area contributed by atoms with Gasteiger partial charge >= 0.3 is 0 Å². The highest BCUT2D eigenvalue weighted by Gasteiger charge is 2.27. The van der Waals surface area contributed by atoms with Crippen LogP contribution >= 0.6 is 12.4 Å². The molecule has 5 heteroatoms. The van der Waals surface area contributed by atoms with Crippen LogP contribution in [0.25, 0.3) is 0 Å². The van der Waals surface area contributed by atoms with Crippen LogP contribution in [0.1, 0.15) is 30.4 Å². The minimum atomic E-state index is 0. The summed E-state index contributed by atoms with van der Waals surface area (Å²) in [6.45, 7) is 1.23. The van der Waals surface area contributed by atoms with Crippen LogP contribution in [0.2, 0.25) is 0 Å². The van der Waals surface area contributed by atoms with Crippen LogP contribution in [0.5, 0.6) is 5.75 Å². The van der Waals surface area contributed by atoms with Crippen LogP contribution in [0.15, 0.2) is 54.6 Å². The van der Waals surface area contributed by atoms with Crippen molar-refractivity contribution >= 4 is 18.3 Å². The van der Waals surface area contributed by atoms with E-state index < -0.39 is 0 Å². The van der Waals surface area contributed by atoms with Crippen molar-refractivity contribution in [2.75, 3.05) is 6.54 Å². The average Bonchev–Trinajstić information content (AvgIpc) is 3.08. The number of hydrogen-bond acceptors (Lipinski definition) is 3. The zero-order chi connectivity index (χ0) is 17.5. The molecule has 4 nitrogen and oxygen atoms in total. The molecule has 1 saturated carbocycles. The second-order valence-corrected chi connectivity index (χ2v) is 6.73. The highest BCUT2D eigenvalue weighted by atomic mass is 35.5. The summed E-state index contributed by atoms with van der Waals surface area (Å²) in [5, 5.41) is 3.03. The van der Waals surface area contributed by atoms with Gasteiger partial charge in [-0.1, -0.05) is 42.5 Å². The van der Waals surface area contributed by atoms with E-state index in [2.05, 4.69) is 17.4 Å². The molecule has 0 aromatic heterocycles. The van der Waals surface area contributed by atoms with E-state index in [4.69, 9.17) is 10.5 Å². The van der Waals surface area contributed by atoms with Gasteiger partial charge < -0.3 is 15.8 Å². The Morgan fingerprint density at radius 3 is 2.42 bits per heavy atom. The third kappa shape index (κ3) is 6.04. The molecule has 2 unspecified atom stereocenters. The highest BCUT2D eigenvalue weighted by molar-refractivity contribution is 5.85. The summed E-state index contributed by atoms with van der Waals surface area (Å²) < 4.78 is 5.79. The van der Waals surface area contributed by atoms with E-state index >= 15 is 0 Å². The number of ether oxygens (including phenoxy) is 1. The molecule has 3 N–H and O–H groups in total. The maximum Gasteiger partial charge on any atom is 0.223 e. The summed E-state index contributed by atoms with van der Waals surface area (Å²) in [5.41, 5.74) is 8.21. The summed E-state index contributed by atoms with van der Waals surface area (Å²) in [5.74, 6) is 1.11. The Morgan fingerprint density at radius 1 is 1.04 bits per heavy atom. The van der Waals surface area contributed by atoms with Crippen LogP contribution in [-0.4, -0.2) is 18.5 Å². The summed E-state index contributed by atoms with van der Waals surface area (Å²) in [4.78, 5) is 12.1. The Morgan fingerprint density at radius 2 is 1.77 bits per heavy atom. The molecule has 3 rings (SSSR count). The SMILES string of the molecule is Cl.NC1CCC(C(=O)NCCc2ccc(OCc3ccccc3)cc2)C1. The molecule has 0 bridgehead atoms. The minimum Gasteiger partial charge on any atom is -0.489 e. The van der Waals surface area contributed by atoms with Gasteiger partial charge in [-0.3, -0.25) is 4.79 Å². The lowest BCUT2D eigenvalue weighted by atomic mass is 10.1. The van der Waals surface area contributed by atoms with Gasteiger partial charge in [-0.15, -0.1) is 12.4 Å². The van der Waals surface area contributed by atoms with E-state index in [0.29, 0.717) is 13.2 Å². The van der Waals surface area contributed by atoms with Crippen molar-refractivity contribution in [2.45, 2.75) is 38.3 Å². The molecule has 2 aromatic rings. The summed E-state index contributed by atoms with van der Waals surface area (Å²) in [6, 6.07) is 18.4. The first-order chi connectivity index (χ1) is 12.2. The lowest BCUT2D eigenvalue weighted by molar-refractivity contribution is -0.124. The van der Waals surface area contributed by atoms with Crippen molar-refractivity contribution in [1.82, 2.24) is 5.32 Å². The minimum absolute atomic E-state index is 0. The van der Waals surface area contributed by atoms with Gasteiger partial charge in [0.1, 0.15) is 12.4 Å². The van der Waals surface area contributed by atoms with Crippen molar-refractivity contribution in [3.8, 4) is 5.75 Å². The molecule has 1 amide bonds. The molecule has 0 saturated heterocycles. The maximum absolute atomic E-state index is 12.1. The molecule has 140 valence electrons. The summed E-state index contributed by atoms with van der Waals surface area (Å²) in [7, 11) is 0. The number of amides is 1. The van der Waals surface area contributed by atoms with Crippen LogP contribution in [-0.2, 0) is 17.8 Å². The van der Waals surface area contributed by atoms with Crippen LogP contribution in [0, 0.1) is 5.92 Å². The number of benzene rings is 2. The first-order valence-electron chi connectivity index (χ1n) is 8.99. The molecule has 1 aliphatic carbocycles. The Hall–Kier alpha value is -2.04. The first kappa shape index (κ1) is 20.3. The normalized spacial score (nSPS) is 18.8. The molecular weight excluding hydrogens is 348 g/mol. The molecule has 1 aliphatic rings.